The summed E-state index contributed by atoms with van der Waals surface area (Å²) in [4.78, 5) is 30.5. The molecule has 2 heterocycles. The molecule has 36 heavy (non-hydrogen) atoms. The summed E-state index contributed by atoms with van der Waals surface area (Å²) in [5, 5.41) is 9.85. The fraction of sp³-hybridized carbons (Fsp3) is 0.400. The van der Waals surface area contributed by atoms with Crippen LogP contribution in [0.3, 0.4) is 0 Å². The van der Waals surface area contributed by atoms with E-state index in [1.54, 1.807) is 17.2 Å². The van der Waals surface area contributed by atoms with Crippen LogP contribution in [0.2, 0.25) is 0 Å². The zero-order chi connectivity index (χ0) is 26.3. The number of nitrogens with zero attached hydrogens (tertiary/aromatic N) is 3. The average Bonchev–Trinajstić information content (AvgIpc) is 3.39. The van der Waals surface area contributed by atoms with Gasteiger partial charge in [-0.15, -0.1) is 8.78 Å². The lowest BCUT2D eigenvalue weighted by atomic mass is 9.69. The highest BCUT2D eigenvalue weighted by Crippen LogP contribution is 2.53. The number of rotatable bonds is 8. The zero-order valence-electron chi connectivity index (χ0n) is 20.4. The van der Waals surface area contributed by atoms with Crippen LogP contribution in [0.4, 0.5) is 14.5 Å². The lowest BCUT2D eigenvalue weighted by Crippen LogP contribution is -2.35. The molecule has 1 aromatic carbocycles. The van der Waals surface area contributed by atoms with Crippen molar-refractivity contribution >= 4 is 29.1 Å². The molecule has 1 saturated heterocycles. The molecule has 11 heteroatoms. The summed E-state index contributed by atoms with van der Waals surface area (Å²) in [5.41, 5.74) is -2.16. The number of likely N-dealkylation sites (N-methyl/N-ethyl adjacent to an activating group) is 1. The summed E-state index contributed by atoms with van der Waals surface area (Å²) in [5.74, 6) is -0.994. The van der Waals surface area contributed by atoms with Crippen LogP contribution in [-0.2, 0) is 9.59 Å². The van der Waals surface area contributed by atoms with Gasteiger partial charge in [0.1, 0.15) is 5.75 Å². The molecule has 0 saturated carbocycles. The number of nitrogens with one attached hydrogen (secondary N) is 2. The molecule has 0 bridgehead atoms. The van der Waals surface area contributed by atoms with E-state index in [1.807, 2.05) is 45.0 Å². The van der Waals surface area contributed by atoms with E-state index in [1.165, 1.54) is 24.3 Å². The molecule has 1 aromatic heterocycles. The van der Waals surface area contributed by atoms with Crippen LogP contribution in [0.1, 0.15) is 25.5 Å². The Labute approximate surface area is 212 Å². The molecule has 0 spiro atoms. The number of H-pyrrole nitrogens is 1. The van der Waals surface area contributed by atoms with Crippen molar-refractivity contribution in [3.8, 4) is 5.75 Å². The number of carbonyl (C=O) groups excluding carboxylic acids is 2. The summed E-state index contributed by atoms with van der Waals surface area (Å²) in [6.45, 7) is 5.02. The van der Waals surface area contributed by atoms with Gasteiger partial charge in [0.2, 0.25) is 5.91 Å². The van der Waals surface area contributed by atoms with Gasteiger partial charge in [-0.1, -0.05) is 19.9 Å². The smallest absolute Gasteiger partial charge is 0.420 e. The van der Waals surface area contributed by atoms with Crippen LogP contribution in [0.25, 0.3) is 0 Å². The first kappa shape index (κ1) is 25.8. The number of allylic oxidation sites excluding steroid dienone is 2. The van der Waals surface area contributed by atoms with E-state index in [4.69, 9.17) is 11.6 Å². The molecule has 2 N–H and O–H groups in total. The van der Waals surface area contributed by atoms with Crippen molar-refractivity contribution in [1.82, 2.24) is 20.0 Å². The Kier molecular flexibility index (Phi) is 6.94. The molecule has 192 valence electrons. The van der Waals surface area contributed by atoms with Crippen molar-refractivity contribution < 1.29 is 23.1 Å². The number of aromatic nitrogens is 2. The number of hydrogen-bond donors (Lipinski definition) is 2. The Hall–Kier alpha value is -3.24. The van der Waals surface area contributed by atoms with Gasteiger partial charge in [-0.05, 0) is 50.5 Å². The first-order chi connectivity index (χ1) is 16.9. The zero-order valence-corrected chi connectivity index (χ0v) is 21.1. The van der Waals surface area contributed by atoms with E-state index < -0.39 is 16.9 Å². The summed E-state index contributed by atoms with van der Waals surface area (Å²) in [7, 11) is 3.88. The number of hydrogen-bond acceptors (Lipinski definition) is 5. The Morgan fingerprint density at radius 3 is 2.56 bits per heavy atom. The Morgan fingerprint density at radius 2 is 1.97 bits per heavy atom. The molecule has 4 rings (SSSR count). The monoisotopic (exact) mass is 519 g/mol. The van der Waals surface area contributed by atoms with Crippen molar-refractivity contribution in [1.29, 1.82) is 0 Å². The van der Waals surface area contributed by atoms with Gasteiger partial charge in [0.05, 0.1) is 5.41 Å². The van der Waals surface area contributed by atoms with Crippen molar-refractivity contribution in [3.05, 3.63) is 65.6 Å². The number of amides is 2. The van der Waals surface area contributed by atoms with Gasteiger partial charge in [0.15, 0.2) is 0 Å². The van der Waals surface area contributed by atoms with E-state index in [2.05, 4.69) is 20.3 Å². The molecular weight excluding hydrogens is 492 g/mol. The lowest BCUT2D eigenvalue weighted by molar-refractivity contribution is -0.134. The third-order valence-electron chi connectivity index (χ3n) is 6.49. The van der Waals surface area contributed by atoms with Crippen molar-refractivity contribution in [2.24, 2.45) is 11.3 Å². The van der Waals surface area contributed by atoms with Gasteiger partial charge >= 0.3 is 5.57 Å². The fourth-order valence-electron chi connectivity index (χ4n) is 4.77. The standard InChI is InChI=1S/C25H28ClF2N5O3/c1-24(2)21-18(19-9-10-29-31-19)13-15(14-20(21)33(23(24)35)12-11-32(3)4)22(34)30-16-5-7-17(8-6-16)36-25(26,27)28/h5-10,13-14,18,21H,11-12H2,1-4H3,(H,29,31)(H,30,34). The van der Waals surface area contributed by atoms with Gasteiger partial charge in [-0.25, -0.2) is 0 Å². The van der Waals surface area contributed by atoms with Gasteiger partial charge < -0.3 is 19.9 Å². The molecule has 1 fully saturated rings. The molecule has 2 aliphatic rings. The van der Waals surface area contributed by atoms with Gasteiger partial charge in [0, 0.05) is 65.4 Å². The number of ether oxygens (including phenoxy) is 1. The number of halogens is 3. The number of likely N-dealkylation sites (tertiary alicyclic amines) is 1. The van der Waals surface area contributed by atoms with Gasteiger partial charge in [-0.3, -0.25) is 14.7 Å². The molecule has 1 aliphatic carbocycles. The average molecular weight is 520 g/mol. The summed E-state index contributed by atoms with van der Waals surface area (Å²) >= 11 is 4.80. The number of fused-ring (bicyclic) bond motifs is 1. The first-order valence-corrected chi connectivity index (χ1v) is 11.8. The van der Waals surface area contributed by atoms with Crippen LogP contribution in [-0.4, -0.2) is 64.6 Å². The van der Waals surface area contributed by atoms with Crippen LogP contribution < -0.4 is 10.1 Å². The molecule has 2 aromatic rings. The SMILES string of the molecule is CN(C)CCN1C(=O)C(C)(C)C2C1=CC(C(=O)Nc1ccc(OC(F)(F)Cl)cc1)=CC2c1ccn[nH]1. The quantitative estimate of drug-likeness (QED) is 0.511. The molecule has 0 radical (unpaired) electrons. The van der Waals surface area contributed by atoms with Crippen LogP contribution in [0, 0.1) is 11.3 Å². The number of anilines is 1. The summed E-state index contributed by atoms with van der Waals surface area (Å²) in [6.07, 6.45) is 5.25. The Bertz CT molecular complexity index is 1190. The van der Waals surface area contributed by atoms with Crippen molar-refractivity contribution in [2.75, 3.05) is 32.5 Å². The third-order valence-corrected chi connectivity index (χ3v) is 6.56. The van der Waals surface area contributed by atoms with Crippen LogP contribution >= 0.6 is 11.6 Å². The minimum atomic E-state index is -3.83. The largest absolute Gasteiger partial charge is 0.487 e. The van der Waals surface area contributed by atoms with E-state index in [0.29, 0.717) is 24.4 Å². The number of carbonyl (C=O) groups is 2. The molecule has 2 unspecified atom stereocenters. The predicted octanol–water partition coefficient (Wildman–Crippen LogP) is 4.17. The fourth-order valence-corrected chi connectivity index (χ4v) is 4.86. The highest BCUT2D eigenvalue weighted by molar-refractivity contribution is 6.20. The van der Waals surface area contributed by atoms with Gasteiger partial charge in [-0.2, -0.15) is 5.10 Å². The highest BCUT2D eigenvalue weighted by atomic mass is 35.5. The summed E-state index contributed by atoms with van der Waals surface area (Å²) < 4.78 is 30.0. The third kappa shape index (κ3) is 5.29. The lowest BCUT2D eigenvalue weighted by Gasteiger charge is -2.33. The topological polar surface area (TPSA) is 90.6 Å². The minimum Gasteiger partial charge on any atom is -0.420 e. The molecule has 8 nitrogen and oxygen atoms in total. The number of benzene rings is 1. The van der Waals surface area contributed by atoms with E-state index in [9.17, 15) is 18.4 Å². The second kappa shape index (κ2) is 9.67. The maximum Gasteiger partial charge on any atom is 0.487 e. The van der Waals surface area contributed by atoms with E-state index >= 15 is 0 Å². The molecule has 2 atom stereocenters. The van der Waals surface area contributed by atoms with Crippen molar-refractivity contribution in [2.45, 2.75) is 25.3 Å². The molecule has 2 amide bonds. The molecular formula is C25H28ClF2N5O3. The number of alkyl halides is 3. The minimum absolute atomic E-state index is 0.00635. The van der Waals surface area contributed by atoms with Crippen LogP contribution in [0.5, 0.6) is 5.75 Å². The van der Waals surface area contributed by atoms with E-state index in [0.717, 1.165) is 11.4 Å². The number of aromatic amines is 1. The summed E-state index contributed by atoms with van der Waals surface area (Å²) in [6, 6.07) is 7.28. The first-order valence-electron chi connectivity index (χ1n) is 11.4. The Balaban J connectivity index is 1.64. The van der Waals surface area contributed by atoms with Crippen LogP contribution in [0.15, 0.2) is 60.0 Å². The molecule has 1 aliphatic heterocycles. The maximum absolute atomic E-state index is 13.5. The highest BCUT2D eigenvalue weighted by Gasteiger charge is 2.54. The Morgan fingerprint density at radius 1 is 1.28 bits per heavy atom. The maximum atomic E-state index is 13.5. The van der Waals surface area contributed by atoms with E-state index in [-0.39, 0.29) is 23.5 Å². The van der Waals surface area contributed by atoms with Crippen molar-refractivity contribution in [3.63, 3.8) is 0 Å². The second-order valence-electron chi connectivity index (χ2n) is 9.71. The second-order valence-corrected chi connectivity index (χ2v) is 10.2. The normalized spacial score (nSPS) is 21.2. The van der Waals surface area contributed by atoms with Gasteiger partial charge in [0.25, 0.3) is 5.91 Å². The predicted molar refractivity (Wildman–Crippen MR) is 132 cm³/mol.